The van der Waals surface area contributed by atoms with Gasteiger partial charge in [-0.3, -0.25) is 9.59 Å². The van der Waals surface area contributed by atoms with E-state index >= 15 is 0 Å². The molecule has 0 radical (unpaired) electrons. The number of amides is 2. The van der Waals surface area contributed by atoms with Gasteiger partial charge < -0.3 is 19.7 Å². The highest BCUT2D eigenvalue weighted by Crippen LogP contribution is 2.28. The molecule has 0 fully saturated rings. The minimum absolute atomic E-state index is 0.0630. The predicted molar refractivity (Wildman–Crippen MR) is 151 cm³/mol. The molecular weight excluding hydrogens is 476 g/mol. The van der Waals surface area contributed by atoms with Crippen LogP contribution in [0.3, 0.4) is 0 Å². The summed E-state index contributed by atoms with van der Waals surface area (Å²) in [5.74, 6) is 1.10. The van der Waals surface area contributed by atoms with Gasteiger partial charge in [-0.2, -0.15) is 0 Å². The summed E-state index contributed by atoms with van der Waals surface area (Å²) >= 11 is 0. The van der Waals surface area contributed by atoms with E-state index in [1.165, 1.54) is 0 Å². The number of aryl methyl sites for hydroxylation is 2. The second kappa shape index (κ2) is 14.8. The molecule has 0 saturated heterocycles. The molecule has 6 nitrogen and oxygen atoms in total. The first-order valence-corrected chi connectivity index (χ1v) is 13.3. The fraction of sp³-hybridized carbons (Fsp3) is 0.375. The van der Waals surface area contributed by atoms with Crippen molar-refractivity contribution in [2.24, 2.45) is 0 Å². The zero-order chi connectivity index (χ0) is 27.3. The summed E-state index contributed by atoms with van der Waals surface area (Å²) in [4.78, 5) is 29.1. The number of carbonyl (C=O) groups is 2. The summed E-state index contributed by atoms with van der Waals surface area (Å²) in [6.45, 7) is 5.09. The van der Waals surface area contributed by atoms with Gasteiger partial charge >= 0.3 is 0 Å². The Hall–Kier alpha value is -3.80. The van der Waals surface area contributed by atoms with Crippen LogP contribution in [-0.4, -0.2) is 43.5 Å². The normalized spacial score (nSPS) is 11.5. The van der Waals surface area contributed by atoms with Crippen LogP contribution in [0.15, 0.2) is 72.8 Å². The number of unbranched alkanes of at least 4 members (excludes halogenated alkanes) is 1. The van der Waals surface area contributed by atoms with Crippen LogP contribution in [0.5, 0.6) is 11.5 Å². The molecule has 3 aromatic carbocycles. The second-order valence-corrected chi connectivity index (χ2v) is 9.55. The van der Waals surface area contributed by atoms with Crippen LogP contribution >= 0.6 is 0 Å². The van der Waals surface area contributed by atoms with Crippen LogP contribution in [0, 0.1) is 6.92 Å². The van der Waals surface area contributed by atoms with Gasteiger partial charge in [-0.25, -0.2) is 0 Å². The molecule has 0 aliphatic carbocycles. The molecule has 0 aliphatic rings. The third kappa shape index (κ3) is 8.37. The standard InChI is InChI=1S/C32H40N2O4/c1-5-6-20-33-32(36)28(21-25-10-8-7-9-11-25)34(23-27-14-12-24(2)13-15-27)31(35)19-17-26-16-18-29(37-3)30(22-26)38-4/h7-16,18,22,28H,5-6,17,19-21,23H2,1-4H3,(H,33,36)/t28-/m1/s1. The van der Waals surface area contributed by atoms with Gasteiger partial charge in [-0.15, -0.1) is 0 Å². The van der Waals surface area contributed by atoms with Gasteiger partial charge in [0.25, 0.3) is 0 Å². The first-order chi connectivity index (χ1) is 18.4. The average molecular weight is 517 g/mol. The Morgan fingerprint density at radius 2 is 1.55 bits per heavy atom. The van der Waals surface area contributed by atoms with E-state index in [0.717, 1.165) is 35.1 Å². The average Bonchev–Trinajstić information content (AvgIpc) is 2.95. The summed E-state index contributed by atoms with van der Waals surface area (Å²) < 4.78 is 10.8. The van der Waals surface area contributed by atoms with Crippen molar-refractivity contribution in [2.75, 3.05) is 20.8 Å². The summed E-state index contributed by atoms with van der Waals surface area (Å²) in [6.07, 6.45) is 3.14. The SMILES string of the molecule is CCCCNC(=O)[C@@H](Cc1ccccc1)N(Cc1ccc(C)cc1)C(=O)CCc1ccc(OC)c(OC)c1. The first kappa shape index (κ1) is 28.8. The Kier molecular flexibility index (Phi) is 11.2. The molecule has 0 aliphatic heterocycles. The van der Waals surface area contributed by atoms with Crippen molar-refractivity contribution < 1.29 is 19.1 Å². The lowest BCUT2D eigenvalue weighted by Gasteiger charge is -2.32. The van der Waals surface area contributed by atoms with E-state index in [4.69, 9.17) is 9.47 Å². The quantitative estimate of drug-likeness (QED) is 0.287. The van der Waals surface area contributed by atoms with Gasteiger partial charge in [-0.05, 0) is 48.6 Å². The van der Waals surface area contributed by atoms with Crippen LogP contribution in [0.25, 0.3) is 0 Å². The maximum absolute atomic E-state index is 13.8. The predicted octanol–water partition coefficient (Wildman–Crippen LogP) is 5.50. The molecule has 3 rings (SSSR count). The van der Waals surface area contributed by atoms with Gasteiger partial charge in [-0.1, -0.05) is 79.6 Å². The summed E-state index contributed by atoms with van der Waals surface area (Å²) in [7, 11) is 3.20. The number of hydrogen-bond donors (Lipinski definition) is 1. The highest BCUT2D eigenvalue weighted by molar-refractivity contribution is 5.88. The van der Waals surface area contributed by atoms with Gasteiger partial charge in [0.1, 0.15) is 6.04 Å². The lowest BCUT2D eigenvalue weighted by Crippen LogP contribution is -2.50. The lowest BCUT2D eigenvalue weighted by molar-refractivity contribution is -0.141. The van der Waals surface area contributed by atoms with Crippen molar-refractivity contribution >= 4 is 11.8 Å². The summed E-state index contributed by atoms with van der Waals surface area (Å²) in [5.41, 5.74) is 4.13. The molecule has 1 atom stereocenters. The van der Waals surface area contributed by atoms with E-state index in [2.05, 4.69) is 12.2 Å². The molecule has 0 heterocycles. The maximum atomic E-state index is 13.8. The molecule has 0 bridgehead atoms. The molecule has 202 valence electrons. The van der Waals surface area contributed by atoms with Crippen LogP contribution in [0.2, 0.25) is 0 Å². The van der Waals surface area contributed by atoms with Gasteiger partial charge in [0.2, 0.25) is 11.8 Å². The molecule has 38 heavy (non-hydrogen) atoms. The van der Waals surface area contributed by atoms with E-state index in [0.29, 0.717) is 37.4 Å². The third-order valence-corrected chi connectivity index (χ3v) is 6.65. The van der Waals surface area contributed by atoms with Crippen molar-refractivity contribution in [3.8, 4) is 11.5 Å². The molecule has 3 aromatic rings. The minimum atomic E-state index is -0.617. The van der Waals surface area contributed by atoms with Gasteiger partial charge in [0, 0.05) is 25.9 Å². The summed E-state index contributed by atoms with van der Waals surface area (Å²) in [5, 5.41) is 3.07. The monoisotopic (exact) mass is 516 g/mol. The van der Waals surface area contributed by atoms with Crippen molar-refractivity contribution in [1.82, 2.24) is 10.2 Å². The zero-order valence-corrected chi connectivity index (χ0v) is 23.0. The lowest BCUT2D eigenvalue weighted by atomic mass is 10.0. The highest BCUT2D eigenvalue weighted by Gasteiger charge is 2.30. The molecule has 0 aromatic heterocycles. The smallest absolute Gasteiger partial charge is 0.243 e. The second-order valence-electron chi connectivity index (χ2n) is 9.55. The summed E-state index contributed by atoms with van der Waals surface area (Å²) in [6, 6.07) is 23.1. The van der Waals surface area contributed by atoms with Crippen molar-refractivity contribution in [2.45, 2.75) is 58.5 Å². The minimum Gasteiger partial charge on any atom is -0.493 e. The fourth-order valence-corrected chi connectivity index (χ4v) is 4.38. The number of benzene rings is 3. The number of rotatable bonds is 14. The maximum Gasteiger partial charge on any atom is 0.243 e. The van der Waals surface area contributed by atoms with Crippen LogP contribution in [-0.2, 0) is 29.0 Å². The van der Waals surface area contributed by atoms with Crippen LogP contribution in [0.1, 0.15) is 48.4 Å². The molecule has 2 amide bonds. The van der Waals surface area contributed by atoms with E-state index < -0.39 is 6.04 Å². The van der Waals surface area contributed by atoms with Crippen molar-refractivity contribution in [3.05, 3.63) is 95.1 Å². The van der Waals surface area contributed by atoms with Crippen molar-refractivity contribution in [3.63, 3.8) is 0 Å². The Morgan fingerprint density at radius 3 is 2.21 bits per heavy atom. The largest absolute Gasteiger partial charge is 0.493 e. The topological polar surface area (TPSA) is 67.9 Å². The number of nitrogens with one attached hydrogen (secondary N) is 1. The molecule has 0 unspecified atom stereocenters. The Bertz CT molecular complexity index is 1160. The van der Waals surface area contributed by atoms with Gasteiger partial charge in [0.05, 0.1) is 14.2 Å². The van der Waals surface area contributed by atoms with Gasteiger partial charge in [0.15, 0.2) is 11.5 Å². The number of carbonyl (C=O) groups excluding carboxylic acids is 2. The van der Waals surface area contributed by atoms with Crippen LogP contribution < -0.4 is 14.8 Å². The molecule has 0 spiro atoms. The molecule has 0 saturated carbocycles. The highest BCUT2D eigenvalue weighted by atomic mass is 16.5. The molecule has 1 N–H and O–H groups in total. The fourth-order valence-electron chi connectivity index (χ4n) is 4.38. The van der Waals surface area contributed by atoms with E-state index in [1.54, 1.807) is 19.1 Å². The van der Waals surface area contributed by atoms with E-state index in [1.807, 2.05) is 79.7 Å². The van der Waals surface area contributed by atoms with E-state index in [9.17, 15) is 9.59 Å². The Labute approximate surface area is 227 Å². The van der Waals surface area contributed by atoms with E-state index in [-0.39, 0.29) is 18.2 Å². The Morgan fingerprint density at radius 1 is 0.868 bits per heavy atom. The molecule has 6 heteroatoms. The molecular formula is C32H40N2O4. The number of nitrogens with zero attached hydrogens (tertiary/aromatic N) is 1. The third-order valence-electron chi connectivity index (χ3n) is 6.65. The number of hydrogen-bond acceptors (Lipinski definition) is 4. The number of ether oxygens (including phenoxy) is 2. The van der Waals surface area contributed by atoms with Crippen LogP contribution in [0.4, 0.5) is 0 Å². The number of methoxy groups -OCH3 is 2. The zero-order valence-electron chi connectivity index (χ0n) is 23.0. The van der Waals surface area contributed by atoms with Crippen molar-refractivity contribution in [1.29, 1.82) is 0 Å². The Balaban J connectivity index is 1.88. The first-order valence-electron chi connectivity index (χ1n) is 13.3.